The van der Waals surface area contributed by atoms with Gasteiger partial charge in [-0.3, -0.25) is 9.59 Å². The van der Waals surface area contributed by atoms with E-state index in [0.717, 1.165) is 31.2 Å². The lowest BCUT2D eigenvalue weighted by Gasteiger charge is -2.46. The molecule has 6 heteroatoms. The molecule has 0 bridgehead atoms. The quantitative estimate of drug-likeness (QED) is 0.754. The van der Waals surface area contributed by atoms with E-state index in [-0.39, 0.29) is 30.3 Å². The highest BCUT2D eigenvalue weighted by molar-refractivity contribution is 5.81. The van der Waals surface area contributed by atoms with E-state index in [0.29, 0.717) is 51.9 Å². The Bertz CT molecular complexity index is 756. The van der Waals surface area contributed by atoms with E-state index in [2.05, 4.69) is 0 Å². The third kappa shape index (κ3) is 4.80. The number of carbonyl (C=O) groups excluding carboxylic acids is 2. The van der Waals surface area contributed by atoms with E-state index in [1.165, 1.54) is 0 Å². The molecule has 0 aromatic heterocycles. The van der Waals surface area contributed by atoms with E-state index >= 15 is 0 Å². The summed E-state index contributed by atoms with van der Waals surface area (Å²) in [7, 11) is 0. The first kappa shape index (κ1) is 22.3. The SMILES string of the molecule is O=C(C1CCCC1)N1CCC(C(=O)N2CC[C@H](O)[C@](CO)(Cc3ccccc3)C2)CC1. The van der Waals surface area contributed by atoms with E-state index in [1.807, 2.05) is 40.1 Å². The molecule has 2 heterocycles. The first-order valence-corrected chi connectivity index (χ1v) is 11.9. The standard InChI is InChI=1S/C25H36N2O4/c28-18-25(16-19-6-2-1-3-7-19)17-27(15-12-22(25)29)24(31)21-10-13-26(14-11-21)23(30)20-8-4-5-9-20/h1-3,6-7,20-22,28-29H,4-5,8-18H2/t22-,25+/m0/s1. The van der Waals surface area contributed by atoms with Gasteiger partial charge in [0, 0.05) is 43.4 Å². The largest absolute Gasteiger partial charge is 0.396 e. The Morgan fingerprint density at radius 1 is 0.871 bits per heavy atom. The highest BCUT2D eigenvalue weighted by Crippen LogP contribution is 2.35. The maximum atomic E-state index is 13.3. The fourth-order valence-corrected chi connectivity index (χ4v) is 5.76. The molecule has 2 saturated heterocycles. The van der Waals surface area contributed by atoms with Gasteiger partial charge in [-0.1, -0.05) is 43.2 Å². The minimum atomic E-state index is -0.728. The molecule has 31 heavy (non-hydrogen) atoms. The van der Waals surface area contributed by atoms with Crippen molar-refractivity contribution in [1.29, 1.82) is 0 Å². The Morgan fingerprint density at radius 3 is 2.10 bits per heavy atom. The van der Waals surface area contributed by atoms with Gasteiger partial charge in [0.1, 0.15) is 0 Å². The molecule has 4 rings (SSSR count). The fourth-order valence-electron chi connectivity index (χ4n) is 5.76. The van der Waals surface area contributed by atoms with E-state index in [9.17, 15) is 19.8 Å². The molecule has 170 valence electrons. The van der Waals surface area contributed by atoms with Crippen LogP contribution >= 0.6 is 0 Å². The van der Waals surface area contributed by atoms with Crippen molar-refractivity contribution in [2.24, 2.45) is 17.3 Å². The lowest BCUT2D eigenvalue weighted by atomic mass is 9.73. The van der Waals surface area contributed by atoms with Gasteiger partial charge in [-0.2, -0.15) is 0 Å². The van der Waals surface area contributed by atoms with E-state index in [1.54, 1.807) is 0 Å². The van der Waals surface area contributed by atoms with Gasteiger partial charge in [-0.05, 0) is 44.1 Å². The topological polar surface area (TPSA) is 81.1 Å². The normalized spacial score (nSPS) is 28.1. The summed E-state index contributed by atoms with van der Waals surface area (Å²) in [4.78, 5) is 29.8. The van der Waals surface area contributed by atoms with Gasteiger partial charge in [0.15, 0.2) is 0 Å². The maximum Gasteiger partial charge on any atom is 0.225 e. The Hall–Kier alpha value is -1.92. The molecule has 1 aromatic carbocycles. The minimum Gasteiger partial charge on any atom is -0.396 e. The summed E-state index contributed by atoms with van der Waals surface area (Å²) >= 11 is 0. The van der Waals surface area contributed by atoms with Crippen molar-refractivity contribution in [2.45, 2.75) is 57.5 Å². The second kappa shape index (κ2) is 9.70. The van der Waals surface area contributed by atoms with Crippen LogP contribution in [0, 0.1) is 17.3 Å². The molecule has 2 aliphatic heterocycles. The molecule has 6 nitrogen and oxygen atoms in total. The number of benzene rings is 1. The Balaban J connectivity index is 1.36. The summed E-state index contributed by atoms with van der Waals surface area (Å²) in [5.41, 5.74) is 0.331. The summed E-state index contributed by atoms with van der Waals surface area (Å²) < 4.78 is 0. The number of aliphatic hydroxyl groups excluding tert-OH is 2. The number of amides is 2. The molecule has 1 saturated carbocycles. The maximum absolute atomic E-state index is 13.3. The van der Waals surface area contributed by atoms with Gasteiger partial charge in [0.2, 0.25) is 11.8 Å². The van der Waals surface area contributed by atoms with Crippen molar-refractivity contribution in [1.82, 2.24) is 9.80 Å². The number of hydrogen-bond donors (Lipinski definition) is 2. The number of nitrogens with zero attached hydrogens (tertiary/aromatic N) is 2. The molecular weight excluding hydrogens is 392 g/mol. The fraction of sp³-hybridized carbons (Fsp3) is 0.680. The molecule has 3 fully saturated rings. The second-order valence-electron chi connectivity index (χ2n) is 9.83. The Morgan fingerprint density at radius 2 is 1.45 bits per heavy atom. The average Bonchev–Trinajstić information content (AvgIpc) is 3.35. The van der Waals surface area contributed by atoms with Crippen LogP contribution in [0.25, 0.3) is 0 Å². The van der Waals surface area contributed by atoms with Crippen LogP contribution in [-0.2, 0) is 16.0 Å². The van der Waals surface area contributed by atoms with Crippen LogP contribution in [0.4, 0.5) is 0 Å². The molecule has 1 aromatic rings. The molecule has 0 spiro atoms. The molecule has 2 N–H and O–H groups in total. The predicted octanol–water partition coefficient (Wildman–Crippen LogP) is 2.23. The summed E-state index contributed by atoms with van der Waals surface area (Å²) in [6, 6.07) is 9.87. The van der Waals surface area contributed by atoms with Crippen LogP contribution in [0.1, 0.15) is 50.5 Å². The third-order valence-electron chi connectivity index (χ3n) is 7.77. The zero-order chi connectivity index (χ0) is 21.8. The molecule has 0 radical (unpaired) electrons. The van der Waals surface area contributed by atoms with Crippen molar-refractivity contribution in [3.8, 4) is 0 Å². The van der Waals surface area contributed by atoms with Crippen molar-refractivity contribution in [3.05, 3.63) is 35.9 Å². The molecule has 1 aliphatic carbocycles. The predicted molar refractivity (Wildman–Crippen MR) is 118 cm³/mol. The lowest BCUT2D eigenvalue weighted by molar-refractivity contribution is -0.149. The van der Waals surface area contributed by atoms with Gasteiger partial charge in [-0.15, -0.1) is 0 Å². The zero-order valence-corrected chi connectivity index (χ0v) is 18.4. The van der Waals surface area contributed by atoms with Crippen molar-refractivity contribution >= 4 is 11.8 Å². The summed E-state index contributed by atoms with van der Waals surface area (Å²) in [5, 5.41) is 21.0. The summed E-state index contributed by atoms with van der Waals surface area (Å²) in [5.74, 6) is 0.521. The number of hydrogen-bond acceptors (Lipinski definition) is 4. The van der Waals surface area contributed by atoms with Gasteiger partial charge in [-0.25, -0.2) is 0 Å². The summed E-state index contributed by atoms with van der Waals surface area (Å²) in [6.45, 7) is 2.08. The highest BCUT2D eigenvalue weighted by atomic mass is 16.3. The van der Waals surface area contributed by atoms with Crippen molar-refractivity contribution in [3.63, 3.8) is 0 Å². The molecule has 0 unspecified atom stereocenters. The van der Waals surface area contributed by atoms with Gasteiger partial charge < -0.3 is 20.0 Å². The van der Waals surface area contributed by atoms with Crippen LogP contribution in [-0.4, -0.2) is 70.7 Å². The molecular formula is C25H36N2O4. The van der Waals surface area contributed by atoms with Gasteiger partial charge >= 0.3 is 0 Å². The average molecular weight is 429 g/mol. The minimum absolute atomic E-state index is 0.0732. The highest BCUT2D eigenvalue weighted by Gasteiger charge is 2.45. The van der Waals surface area contributed by atoms with Crippen molar-refractivity contribution in [2.75, 3.05) is 32.8 Å². The number of piperidine rings is 2. The zero-order valence-electron chi connectivity index (χ0n) is 18.4. The number of likely N-dealkylation sites (tertiary alicyclic amines) is 2. The third-order valence-corrected chi connectivity index (χ3v) is 7.77. The van der Waals surface area contributed by atoms with E-state index in [4.69, 9.17) is 0 Å². The van der Waals surface area contributed by atoms with Crippen LogP contribution in [0.5, 0.6) is 0 Å². The number of carbonyl (C=O) groups is 2. The smallest absolute Gasteiger partial charge is 0.225 e. The number of rotatable bonds is 5. The van der Waals surface area contributed by atoms with Crippen molar-refractivity contribution < 1.29 is 19.8 Å². The Kier molecular flexibility index (Phi) is 6.97. The molecule has 2 amide bonds. The van der Waals surface area contributed by atoms with Crippen LogP contribution in [0.15, 0.2) is 30.3 Å². The first-order valence-electron chi connectivity index (χ1n) is 11.9. The van der Waals surface area contributed by atoms with Gasteiger partial charge in [0.25, 0.3) is 0 Å². The van der Waals surface area contributed by atoms with Crippen LogP contribution in [0.3, 0.4) is 0 Å². The molecule has 3 aliphatic rings. The van der Waals surface area contributed by atoms with Crippen LogP contribution < -0.4 is 0 Å². The number of aliphatic hydroxyl groups is 2. The monoisotopic (exact) mass is 428 g/mol. The summed E-state index contributed by atoms with van der Waals surface area (Å²) in [6.07, 6.45) is 6.15. The first-order chi connectivity index (χ1) is 15.0. The van der Waals surface area contributed by atoms with Crippen LogP contribution in [0.2, 0.25) is 0 Å². The lowest BCUT2D eigenvalue weighted by Crippen LogP contribution is -2.57. The Labute approximate surface area is 185 Å². The second-order valence-corrected chi connectivity index (χ2v) is 9.83. The van der Waals surface area contributed by atoms with E-state index < -0.39 is 11.5 Å². The molecule has 2 atom stereocenters. The van der Waals surface area contributed by atoms with Gasteiger partial charge in [0.05, 0.1) is 12.7 Å².